The third-order valence-corrected chi connectivity index (χ3v) is 4.80. The van der Waals surface area contributed by atoms with Crippen LogP contribution in [-0.2, 0) is 6.42 Å². The molecule has 1 N–H and O–H groups in total. The van der Waals surface area contributed by atoms with Crippen LogP contribution < -0.4 is 5.56 Å². The highest BCUT2D eigenvalue weighted by Gasteiger charge is 2.12. The number of rotatable bonds is 3. The van der Waals surface area contributed by atoms with Crippen LogP contribution in [0.2, 0.25) is 0 Å². The molecule has 0 aliphatic heterocycles. The Hall–Kier alpha value is -1.54. The van der Waals surface area contributed by atoms with Crippen molar-refractivity contribution >= 4 is 33.9 Å². The van der Waals surface area contributed by atoms with Crippen molar-refractivity contribution in [3.63, 3.8) is 0 Å². The number of hydrogen-bond acceptors (Lipinski definition) is 4. The number of nitrogens with zero attached hydrogens (tertiary/aromatic N) is 2. The summed E-state index contributed by atoms with van der Waals surface area (Å²) in [5.74, 6) is 0.643. The SMILES string of the molecule is Cc1nc(Cc2nc(-c3ccccc3)c(I)c(=O)[nH]2)cs1. The first kappa shape index (κ1) is 14.4. The molecule has 4 nitrogen and oxygen atoms in total. The Balaban J connectivity index is 2.04. The molecule has 1 aromatic carbocycles. The number of aromatic amines is 1. The van der Waals surface area contributed by atoms with E-state index < -0.39 is 0 Å². The van der Waals surface area contributed by atoms with Crippen molar-refractivity contribution in [2.45, 2.75) is 13.3 Å². The van der Waals surface area contributed by atoms with Crippen molar-refractivity contribution in [3.05, 3.63) is 66.2 Å². The van der Waals surface area contributed by atoms with E-state index in [1.54, 1.807) is 11.3 Å². The van der Waals surface area contributed by atoms with Crippen LogP contribution in [0.3, 0.4) is 0 Å². The molecular weight excluding hydrogens is 397 g/mol. The number of benzene rings is 1. The van der Waals surface area contributed by atoms with Crippen LogP contribution in [0.15, 0.2) is 40.5 Å². The summed E-state index contributed by atoms with van der Waals surface area (Å²) in [5, 5.41) is 3.01. The molecule has 0 spiro atoms. The van der Waals surface area contributed by atoms with Crippen molar-refractivity contribution in [2.24, 2.45) is 0 Å². The smallest absolute Gasteiger partial charge is 0.264 e. The van der Waals surface area contributed by atoms with Crippen LogP contribution in [0.25, 0.3) is 11.3 Å². The summed E-state index contributed by atoms with van der Waals surface area (Å²) in [7, 11) is 0. The van der Waals surface area contributed by atoms with Crippen LogP contribution in [0, 0.1) is 10.5 Å². The van der Waals surface area contributed by atoms with Gasteiger partial charge in [0.25, 0.3) is 5.56 Å². The zero-order chi connectivity index (χ0) is 14.8. The summed E-state index contributed by atoms with van der Waals surface area (Å²) < 4.78 is 0.608. The minimum atomic E-state index is -0.105. The van der Waals surface area contributed by atoms with Gasteiger partial charge in [0.15, 0.2) is 0 Å². The van der Waals surface area contributed by atoms with E-state index in [-0.39, 0.29) is 5.56 Å². The zero-order valence-corrected chi connectivity index (χ0v) is 14.2. The molecular formula is C15H12IN3OS. The Kier molecular flexibility index (Phi) is 4.16. The van der Waals surface area contributed by atoms with E-state index in [2.05, 4.69) is 15.0 Å². The lowest BCUT2D eigenvalue weighted by atomic mass is 10.1. The largest absolute Gasteiger partial charge is 0.309 e. The second-order valence-electron chi connectivity index (χ2n) is 4.58. The zero-order valence-electron chi connectivity index (χ0n) is 11.3. The van der Waals surface area contributed by atoms with Gasteiger partial charge < -0.3 is 4.98 Å². The highest BCUT2D eigenvalue weighted by molar-refractivity contribution is 14.1. The molecule has 2 aromatic heterocycles. The topological polar surface area (TPSA) is 58.6 Å². The quantitative estimate of drug-likeness (QED) is 0.675. The first-order chi connectivity index (χ1) is 10.1. The van der Waals surface area contributed by atoms with Crippen molar-refractivity contribution in [2.75, 3.05) is 0 Å². The average Bonchev–Trinajstić information content (AvgIpc) is 2.89. The van der Waals surface area contributed by atoms with Crippen molar-refractivity contribution in [3.8, 4) is 11.3 Å². The normalized spacial score (nSPS) is 10.8. The molecule has 0 amide bonds. The fourth-order valence-electron chi connectivity index (χ4n) is 2.04. The third kappa shape index (κ3) is 3.21. The summed E-state index contributed by atoms with van der Waals surface area (Å²) in [6.07, 6.45) is 0.538. The lowest BCUT2D eigenvalue weighted by Crippen LogP contribution is -2.16. The maximum atomic E-state index is 12.1. The van der Waals surface area contributed by atoms with Gasteiger partial charge in [0, 0.05) is 17.4 Å². The van der Waals surface area contributed by atoms with E-state index in [1.165, 1.54) is 0 Å². The molecule has 0 aliphatic carbocycles. The van der Waals surface area contributed by atoms with Crippen LogP contribution in [0.5, 0.6) is 0 Å². The number of thiazole rings is 1. The molecule has 0 fully saturated rings. The molecule has 2 heterocycles. The molecule has 0 atom stereocenters. The Morgan fingerprint density at radius 2 is 2.00 bits per heavy atom. The molecule has 0 aliphatic rings. The number of aryl methyl sites for hydroxylation is 1. The maximum absolute atomic E-state index is 12.1. The lowest BCUT2D eigenvalue weighted by molar-refractivity contribution is 0.919. The predicted molar refractivity (Wildman–Crippen MR) is 92.7 cm³/mol. The molecule has 21 heavy (non-hydrogen) atoms. The number of halogens is 1. The molecule has 3 rings (SSSR count). The molecule has 0 radical (unpaired) electrons. The first-order valence-corrected chi connectivity index (χ1v) is 8.34. The minimum absolute atomic E-state index is 0.105. The Morgan fingerprint density at radius 1 is 1.24 bits per heavy atom. The van der Waals surface area contributed by atoms with Crippen molar-refractivity contribution in [1.82, 2.24) is 15.0 Å². The Morgan fingerprint density at radius 3 is 2.67 bits per heavy atom. The number of nitrogens with one attached hydrogen (secondary N) is 1. The van der Waals surface area contributed by atoms with Gasteiger partial charge >= 0.3 is 0 Å². The predicted octanol–water partition coefficient (Wildman–Crippen LogP) is 3.40. The lowest BCUT2D eigenvalue weighted by Gasteiger charge is -2.06. The second-order valence-corrected chi connectivity index (χ2v) is 6.72. The molecule has 106 valence electrons. The van der Waals surface area contributed by atoms with E-state index in [4.69, 9.17) is 0 Å². The summed E-state index contributed by atoms with van der Waals surface area (Å²) >= 11 is 3.64. The van der Waals surface area contributed by atoms with Crippen LogP contribution in [-0.4, -0.2) is 15.0 Å². The van der Waals surface area contributed by atoms with Gasteiger partial charge in [0.2, 0.25) is 0 Å². The fourth-order valence-corrected chi connectivity index (χ4v) is 3.22. The van der Waals surface area contributed by atoms with Gasteiger partial charge in [-0.15, -0.1) is 11.3 Å². The van der Waals surface area contributed by atoms with Gasteiger partial charge in [-0.05, 0) is 29.5 Å². The molecule has 0 bridgehead atoms. The Bertz CT molecular complexity index is 826. The Labute approximate surface area is 139 Å². The molecule has 0 unspecified atom stereocenters. The maximum Gasteiger partial charge on any atom is 0.264 e. The number of aromatic nitrogens is 3. The van der Waals surface area contributed by atoms with Gasteiger partial charge in [-0.2, -0.15) is 0 Å². The average molecular weight is 409 g/mol. The van der Waals surface area contributed by atoms with Gasteiger partial charge in [0.05, 0.1) is 16.4 Å². The van der Waals surface area contributed by atoms with Gasteiger partial charge in [0.1, 0.15) is 9.39 Å². The number of H-pyrrole nitrogens is 1. The van der Waals surface area contributed by atoms with E-state index in [0.29, 0.717) is 15.8 Å². The summed E-state index contributed by atoms with van der Waals surface area (Å²) in [6, 6.07) is 9.75. The minimum Gasteiger partial charge on any atom is -0.309 e. The van der Waals surface area contributed by atoms with Gasteiger partial charge in [-0.3, -0.25) is 4.79 Å². The highest BCUT2D eigenvalue weighted by Crippen LogP contribution is 2.21. The van der Waals surface area contributed by atoms with Crippen LogP contribution in [0.1, 0.15) is 16.5 Å². The van der Waals surface area contributed by atoms with Crippen LogP contribution in [0.4, 0.5) is 0 Å². The van der Waals surface area contributed by atoms with E-state index in [9.17, 15) is 4.79 Å². The fraction of sp³-hybridized carbons (Fsp3) is 0.133. The van der Waals surface area contributed by atoms with Crippen molar-refractivity contribution < 1.29 is 0 Å². The summed E-state index contributed by atoms with van der Waals surface area (Å²) in [5.41, 5.74) is 2.50. The second kappa shape index (κ2) is 6.07. The highest BCUT2D eigenvalue weighted by atomic mass is 127. The summed E-state index contributed by atoms with van der Waals surface area (Å²) in [4.78, 5) is 24.0. The first-order valence-electron chi connectivity index (χ1n) is 6.38. The van der Waals surface area contributed by atoms with E-state index >= 15 is 0 Å². The van der Waals surface area contributed by atoms with Crippen LogP contribution >= 0.6 is 33.9 Å². The monoisotopic (exact) mass is 409 g/mol. The third-order valence-electron chi connectivity index (χ3n) is 2.97. The van der Waals surface area contributed by atoms with Gasteiger partial charge in [-0.1, -0.05) is 30.3 Å². The van der Waals surface area contributed by atoms with E-state index in [0.717, 1.165) is 22.0 Å². The van der Waals surface area contributed by atoms with Crippen molar-refractivity contribution in [1.29, 1.82) is 0 Å². The molecule has 0 saturated heterocycles. The van der Waals surface area contributed by atoms with E-state index in [1.807, 2.05) is 65.2 Å². The summed E-state index contributed by atoms with van der Waals surface area (Å²) in [6.45, 7) is 1.97. The molecule has 3 aromatic rings. The molecule has 6 heteroatoms. The molecule has 0 saturated carbocycles. The van der Waals surface area contributed by atoms with Gasteiger partial charge in [-0.25, -0.2) is 9.97 Å². The standard InChI is InChI=1S/C15H12IN3OS/c1-9-17-11(8-21-9)7-12-18-14(13(16)15(20)19-12)10-5-3-2-4-6-10/h2-6,8H,7H2,1H3,(H,18,19,20). The number of hydrogen-bond donors (Lipinski definition) is 1.